The average Bonchev–Trinajstić information content (AvgIpc) is 2.84. The van der Waals surface area contributed by atoms with Crippen LogP contribution in [0.15, 0.2) is 77.7 Å². The summed E-state index contributed by atoms with van der Waals surface area (Å²) in [4.78, 5) is 25.2. The zero-order chi connectivity index (χ0) is 24.7. The first-order chi connectivity index (χ1) is 16.3. The van der Waals surface area contributed by atoms with E-state index in [1.54, 1.807) is 68.4 Å². The van der Waals surface area contributed by atoms with E-state index in [-0.39, 0.29) is 22.8 Å². The van der Waals surface area contributed by atoms with Gasteiger partial charge in [0.25, 0.3) is 10.0 Å². The lowest BCUT2D eigenvalue weighted by Crippen LogP contribution is -2.38. The number of methoxy groups -OCH3 is 1. The lowest BCUT2D eigenvalue weighted by Gasteiger charge is -2.25. The average molecular weight is 483 g/mol. The molecule has 0 saturated heterocycles. The number of carbonyl (C=O) groups excluding carboxylic acids is 2. The lowest BCUT2D eigenvalue weighted by molar-refractivity contribution is -0.114. The van der Waals surface area contributed by atoms with Gasteiger partial charge in [-0.2, -0.15) is 0 Å². The van der Waals surface area contributed by atoms with Crippen molar-refractivity contribution in [3.63, 3.8) is 0 Å². The maximum absolute atomic E-state index is 13.5. The van der Waals surface area contributed by atoms with Gasteiger partial charge in [0.15, 0.2) is 0 Å². The van der Waals surface area contributed by atoms with Gasteiger partial charge >= 0.3 is 5.97 Å². The van der Waals surface area contributed by atoms with E-state index in [0.717, 1.165) is 4.31 Å². The number of hydrogen-bond donors (Lipinski definition) is 1. The molecule has 0 aliphatic rings. The molecule has 0 aliphatic carbocycles. The van der Waals surface area contributed by atoms with Crippen LogP contribution in [0.3, 0.4) is 0 Å². The summed E-state index contributed by atoms with van der Waals surface area (Å²) in [6.45, 7) is 3.18. The van der Waals surface area contributed by atoms with Crippen LogP contribution in [0.1, 0.15) is 22.8 Å². The van der Waals surface area contributed by atoms with Gasteiger partial charge in [-0.05, 0) is 55.8 Å². The molecule has 1 amide bonds. The normalized spacial score (nSPS) is 10.9. The number of para-hydroxylation sites is 2. The quantitative estimate of drug-likeness (QED) is 0.462. The molecule has 9 heteroatoms. The first kappa shape index (κ1) is 24.8. The molecule has 3 aromatic rings. The molecule has 0 fully saturated rings. The van der Waals surface area contributed by atoms with E-state index >= 15 is 0 Å². The summed E-state index contributed by atoms with van der Waals surface area (Å²) in [5, 5.41) is 2.72. The summed E-state index contributed by atoms with van der Waals surface area (Å²) >= 11 is 0. The van der Waals surface area contributed by atoms with Gasteiger partial charge in [0.2, 0.25) is 5.91 Å². The number of hydrogen-bond acceptors (Lipinski definition) is 6. The molecule has 3 rings (SSSR count). The second-order valence-electron chi connectivity index (χ2n) is 7.29. The highest BCUT2D eigenvalue weighted by Gasteiger charge is 2.29. The number of nitrogens with one attached hydrogen (secondary N) is 1. The first-order valence-corrected chi connectivity index (χ1v) is 12.0. The Morgan fingerprint density at radius 3 is 2.32 bits per heavy atom. The summed E-state index contributed by atoms with van der Waals surface area (Å²) in [5.41, 5.74) is 1.59. The van der Waals surface area contributed by atoms with E-state index in [2.05, 4.69) is 5.32 Å². The van der Waals surface area contributed by atoms with Crippen LogP contribution < -0.4 is 14.4 Å². The SMILES string of the molecule is CCOC(=O)c1ccc(C)c(NC(=O)CN(c2ccccc2OC)S(=O)(=O)c2ccccc2)c1. The van der Waals surface area contributed by atoms with Crippen LogP contribution in [0.4, 0.5) is 11.4 Å². The van der Waals surface area contributed by atoms with Crippen molar-refractivity contribution < 1.29 is 27.5 Å². The van der Waals surface area contributed by atoms with Crippen LogP contribution in [0.2, 0.25) is 0 Å². The number of esters is 1. The van der Waals surface area contributed by atoms with Crippen molar-refractivity contribution in [2.75, 3.05) is 29.9 Å². The molecule has 0 aliphatic heterocycles. The Morgan fingerprint density at radius 1 is 0.971 bits per heavy atom. The van der Waals surface area contributed by atoms with E-state index in [0.29, 0.717) is 17.0 Å². The Morgan fingerprint density at radius 2 is 1.65 bits per heavy atom. The molecule has 0 atom stereocenters. The van der Waals surface area contributed by atoms with Crippen molar-refractivity contribution in [3.8, 4) is 5.75 Å². The molecule has 0 saturated carbocycles. The van der Waals surface area contributed by atoms with Crippen molar-refractivity contribution in [1.82, 2.24) is 0 Å². The Labute approximate surface area is 199 Å². The first-order valence-electron chi connectivity index (χ1n) is 10.6. The fourth-order valence-corrected chi connectivity index (χ4v) is 4.73. The van der Waals surface area contributed by atoms with Crippen molar-refractivity contribution in [2.45, 2.75) is 18.7 Å². The summed E-state index contributed by atoms with van der Waals surface area (Å²) in [6.07, 6.45) is 0. The molecule has 0 bridgehead atoms. The van der Waals surface area contributed by atoms with E-state index in [9.17, 15) is 18.0 Å². The van der Waals surface area contributed by atoms with Crippen LogP contribution in [0.5, 0.6) is 5.75 Å². The molecule has 8 nitrogen and oxygen atoms in total. The fraction of sp³-hybridized carbons (Fsp3) is 0.200. The molecule has 178 valence electrons. The zero-order valence-electron chi connectivity index (χ0n) is 19.1. The van der Waals surface area contributed by atoms with Crippen molar-refractivity contribution in [1.29, 1.82) is 0 Å². The number of benzene rings is 3. The number of rotatable bonds is 9. The summed E-state index contributed by atoms with van der Waals surface area (Å²) in [7, 11) is -2.67. The minimum absolute atomic E-state index is 0.0363. The molecular weight excluding hydrogens is 456 g/mol. The summed E-state index contributed by atoms with van der Waals surface area (Å²) in [6, 6.07) is 19.2. The highest BCUT2D eigenvalue weighted by atomic mass is 32.2. The third-order valence-electron chi connectivity index (χ3n) is 5.00. The number of nitrogens with zero attached hydrogens (tertiary/aromatic N) is 1. The van der Waals surface area contributed by atoms with Crippen molar-refractivity contribution in [3.05, 3.63) is 83.9 Å². The number of anilines is 2. The lowest BCUT2D eigenvalue weighted by atomic mass is 10.1. The number of ether oxygens (including phenoxy) is 2. The second kappa shape index (κ2) is 10.8. The van der Waals surface area contributed by atoms with Crippen molar-refractivity contribution in [2.24, 2.45) is 0 Å². The van der Waals surface area contributed by atoms with Crippen LogP contribution in [-0.4, -0.2) is 40.6 Å². The Kier molecular flexibility index (Phi) is 7.91. The van der Waals surface area contributed by atoms with E-state index in [1.807, 2.05) is 0 Å². The third kappa shape index (κ3) is 5.55. The highest BCUT2D eigenvalue weighted by molar-refractivity contribution is 7.92. The molecule has 0 unspecified atom stereocenters. The van der Waals surface area contributed by atoms with Crippen LogP contribution in [0.25, 0.3) is 0 Å². The molecule has 34 heavy (non-hydrogen) atoms. The molecular formula is C25H26N2O6S. The smallest absolute Gasteiger partial charge is 0.338 e. The molecule has 0 aromatic heterocycles. The maximum atomic E-state index is 13.5. The van der Waals surface area contributed by atoms with Crippen LogP contribution in [0, 0.1) is 6.92 Å². The van der Waals surface area contributed by atoms with E-state index in [1.165, 1.54) is 25.3 Å². The second-order valence-corrected chi connectivity index (χ2v) is 9.16. The molecule has 3 aromatic carbocycles. The Balaban J connectivity index is 1.96. The standard InChI is InChI=1S/C25H26N2O6S/c1-4-33-25(29)19-15-14-18(2)21(16-19)26-24(28)17-27(22-12-8-9-13-23(22)32-3)34(30,31)20-10-6-5-7-11-20/h5-16H,4,17H2,1-3H3,(H,26,28). The van der Waals surface area contributed by atoms with E-state index < -0.39 is 28.4 Å². The number of aryl methyl sites for hydroxylation is 1. The monoisotopic (exact) mass is 482 g/mol. The Hall–Kier alpha value is -3.85. The number of sulfonamides is 1. The van der Waals surface area contributed by atoms with Crippen molar-refractivity contribution >= 4 is 33.3 Å². The number of amides is 1. The van der Waals surface area contributed by atoms with Crippen LogP contribution in [-0.2, 0) is 19.6 Å². The molecule has 0 spiro atoms. The minimum atomic E-state index is -4.09. The number of carbonyl (C=O) groups is 2. The maximum Gasteiger partial charge on any atom is 0.338 e. The van der Waals surface area contributed by atoms with Gasteiger partial charge in [0.1, 0.15) is 12.3 Å². The predicted octanol–water partition coefficient (Wildman–Crippen LogP) is 4.01. The van der Waals surface area contributed by atoms with E-state index in [4.69, 9.17) is 9.47 Å². The predicted molar refractivity (Wildman–Crippen MR) is 130 cm³/mol. The van der Waals surface area contributed by atoms with Gasteiger partial charge in [0.05, 0.1) is 29.9 Å². The minimum Gasteiger partial charge on any atom is -0.495 e. The van der Waals surface area contributed by atoms with Gasteiger partial charge in [0, 0.05) is 5.69 Å². The topological polar surface area (TPSA) is 102 Å². The van der Waals surface area contributed by atoms with Gasteiger partial charge in [-0.25, -0.2) is 13.2 Å². The summed E-state index contributed by atoms with van der Waals surface area (Å²) < 4.78 is 38.4. The van der Waals surface area contributed by atoms with Gasteiger partial charge < -0.3 is 14.8 Å². The molecule has 1 N–H and O–H groups in total. The van der Waals surface area contributed by atoms with Gasteiger partial charge in [-0.3, -0.25) is 9.10 Å². The molecule has 0 heterocycles. The molecule has 0 radical (unpaired) electrons. The fourth-order valence-electron chi connectivity index (χ4n) is 3.27. The van der Waals surface area contributed by atoms with Gasteiger partial charge in [-0.15, -0.1) is 0 Å². The summed E-state index contributed by atoms with van der Waals surface area (Å²) in [5.74, 6) is -0.801. The van der Waals surface area contributed by atoms with Gasteiger partial charge in [-0.1, -0.05) is 36.4 Å². The zero-order valence-corrected chi connectivity index (χ0v) is 20.0. The largest absolute Gasteiger partial charge is 0.495 e. The Bertz CT molecular complexity index is 1280. The van der Waals surface area contributed by atoms with Crippen LogP contribution >= 0.6 is 0 Å². The highest BCUT2D eigenvalue weighted by Crippen LogP contribution is 2.32. The third-order valence-corrected chi connectivity index (χ3v) is 6.77.